The van der Waals surface area contributed by atoms with Crippen molar-refractivity contribution in [2.45, 2.75) is 26.7 Å². The summed E-state index contributed by atoms with van der Waals surface area (Å²) in [6.45, 7) is 8.94. The van der Waals surface area contributed by atoms with Crippen molar-refractivity contribution in [3.63, 3.8) is 0 Å². The maximum atomic E-state index is 5.24. The van der Waals surface area contributed by atoms with E-state index in [1.807, 2.05) is 25.1 Å². The van der Waals surface area contributed by atoms with Crippen molar-refractivity contribution in [1.29, 1.82) is 0 Å². The van der Waals surface area contributed by atoms with Crippen LogP contribution in [0, 0.1) is 6.92 Å². The fraction of sp³-hybridized carbons (Fsp3) is 0.500. The Morgan fingerprint density at radius 3 is 2.38 bits per heavy atom. The lowest BCUT2D eigenvalue weighted by molar-refractivity contribution is 0.415. The predicted molar refractivity (Wildman–Crippen MR) is 108 cm³/mol. The lowest BCUT2D eigenvalue weighted by Gasteiger charge is -2.36. The minimum Gasteiger partial charge on any atom is -0.497 e. The van der Waals surface area contributed by atoms with Gasteiger partial charge in [-0.25, -0.2) is 4.98 Å². The molecule has 1 aliphatic rings. The highest BCUT2D eigenvalue weighted by Gasteiger charge is 2.20. The summed E-state index contributed by atoms with van der Waals surface area (Å²) in [5, 5.41) is 3.41. The molecule has 0 aliphatic carbocycles. The SMILES string of the molecule is CCCCNc1cc(C)nc(N2CCN(c3ccc(OC)cc3)CC2)n1. The Kier molecular flexibility index (Phi) is 6.15. The van der Waals surface area contributed by atoms with Gasteiger partial charge >= 0.3 is 0 Å². The van der Waals surface area contributed by atoms with E-state index in [1.165, 1.54) is 12.1 Å². The maximum Gasteiger partial charge on any atom is 0.227 e. The maximum absolute atomic E-state index is 5.24. The van der Waals surface area contributed by atoms with Crippen LogP contribution in [0.5, 0.6) is 5.75 Å². The first-order valence-electron chi connectivity index (χ1n) is 9.43. The molecule has 6 nitrogen and oxygen atoms in total. The Hall–Kier alpha value is -2.50. The third-order valence-electron chi connectivity index (χ3n) is 4.68. The molecular weight excluding hydrogens is 326 g/mol. The molecule has 0 amide bonds. The highest BCUT2D eigenvalue weighted by atomic mass is 16.5. The first-order valence-corrected chi connectivity index (χ1v) is 9.43. The Bertz CT molecular complexity index is 696. The number of anilines is 3. The van der Waals surface area contributed by atoms with Gasteiger partial charge in [-0.2, -0.15) is 4.98 Å². The standard InChI is InChI=1S/C20H29N5O/c1-4-5-10-21-19-15-16(2)22-20(23-19)25-13-11-24(12-14-25)17-6-8-18(26-3)9-7-17/h6-9,15H,4-5,10-14H2,1-3H3,(H,21,22,23). The van der Waals surface area contributed by atoms with Crippen molar-refractivity contribution in [3.8, 4) is 5.75 Å². The van der Waals surface area contributed by atoms with Gasteiger partial charge in [-0.1, -0.05) is 13.3 Å². The van der Waals surface area contributed by atoms with Gasteiger partial charge in [0.05, 0.1) is 7.11 Å². The van der Waals surface area contributed by atoms with Gasteiger partial charge < -0.3 is 19.9 Å². The van der Waals surface area contributed by atoms with E-state index < -0.39 is 0 Å². The second kappa shape index (κ2) is 8.74. The van der Waals surface area contributed by atoms with Gasteiger partial charge in [0.2, 0.25) is 5.95 Å². The summed E-state index contributed by atoms with van der Waals surface area (Å²) in [5.41, 5.74) is 2.24. The smallest absolute Gasteiger partial charge is 0.227 e. The van der Waals surface area contributed by atoms with Crippen molar-refractivity contribution in [2.24, 2.45) is 0 Å². The fourth-order valence-electron chi connectivity index (χ4n) is 3.14. The summed E-state index contributed by atoms with van der Waals surface area (Å²) in [6.07, 6.45) is 2.33. The molecule has 0 atom stereocenters. The molecule has 26 heavy (non-hydrogen) atoms. The molecule has 1 aromatic heterocycles. The molecule has 0 unspecified atom stereocenters. The molecule has 0 spiro atoms. The van der Waals surface area contributed by atoms with E-state index in [1.54, 1.807) is 7.11 Å². The van der Waals surface area contributed by atoms with Gasteiger partial charge in [-0.05, 0) is 37.6 Å². The van der Waals surface area contributed by atoms with E-state index >= 15 is 0 Å². The van der Waals surface area contributed by atoms with Crippen LogP contribution in [0.2, 0.25) is 0 Å². The largest absolute Gasteiger partial charge is 0.497 e. The third-order valence-corrected chi connectivity index (χ3v) is 4.68. The van der Waals surface area contributed by atoms with E-state index in [9.17, 15) is 0 Å². The molecule has 1 saturated heterocycles. The Balaban J connectivity index is 1.61. The van der Waals surface area contributed by atoms with Gasteiger partial charge in [-0.3, -0.25) is 0 Å². The first-order chi connectivity index (χ1) is 12.7. The van der Waals surface area contributed by atoms with Crippen LogP contribution < -0.4 is 19.9 Å². The number of piperazine rings is 1. The van der Waals surface area contributed by atoms with Crippen LogP contribution in [-0.2, 0) is 0 Å². The van der Waals surface area contributed by atoms with Gasteiger partial charge in [0.15, 0.2) is 0 Å². The number of nitrogens with one attached hydrogen (secondary N) is 1. The van der Waals surface area contributed by atoms with Crippen LogP contribution in [0.25, 0.3) is 0 Å². The van der Waals surface area contributed by atoms with E-state index in [0.29, 0.717) is 0 Å². The molecule has 2 aromatic rings. The van der Waals surface area contributed by atoms with Crippen LogP contribution in [0.15, 0.2) is 30.3 Å². The molecule has 3 rings (SSSR count). The van der Waals surface area contributed by atoms with E-state index in [2.05, 4.69) is 39.2 Å². The van der Waals surface area contributed by atoms with E-state index in [0.717, 1.165) is 62.4 Å². The molecule has 0 saturated carbocycles. The summed E-state index contributed by atoms with van der Waals surface area (Å²) in [4.78, 5) is 14.0. The Morgan fingerprint density at radius 1 is 1.04 bits per heavy atom. The zero-order valence-corrected chi connectivity index (χ0v) is 16.0. The summed E-state index contributed by atoms with van der Waals surface area (Å²) in [6, 6.07) is 10.3. The van der Waals surface area contributed by atoms with Gasteiger partial charge in [0, 0.05) is 50.2 Å². The quantitative estimate of drug-likeness (QED) is 0.769. The lowest BCUT2D eigenvalue weighted by atomic mass is 10.2. The molecule has 1 N–H and O–H groups in total. The number of aryl methyl sites for hydroxylation is 1. The molecular formula is C20H29N5O. The fourth-order valence-corrected chi connectivity index (χ4v) is 3.14. The minimum absolute atomic E-state index is 0.832. The second-order valence-electron chi connectivity index (χ2n) is 6.65. The molecule has 1 aromatic carbocycles. The zero-order valence-electron chi connectivity index (χ0n) is 16.0. The van der Waals surface area contributed by atoms with E-state index in [-0.39, 0.29) is 0 Å². The normalized spacial score (nSPS) is 14.4. The number of aromatic nitrogens is 2. The van der Waals surface area contributed by atoms with E-state index in [4.69, 9.17) is 9.72 Å². The molecule has 6 heteroatoms. The lowest BCUT2D eigenvalue weighted by Crippen LogP contribution is -2.47. The number of benzene rings is 1. The van der Waals surface area contributed by atoms with Gasteiger partial charge in [0.25, 0.3) is 0 Å². The molecule has 0 bridgehead atoms. The van der Waals surface area contributed by atoms with Crippen molar-refractivity contribution >= 4 is 17.5 Å². The molecule has 140 valence electrons. The number of nitrogens with zero attached hydrogens (tertiary/aromatic N) is 4. The highest BCUT2D eigenvalue weighted by molar-refractivity contribution is 5.51. The van der Waals surface area contributed by atoms with Crippen LogP contribution in [0.4, 0.5) is 17.5 Å². The molecule has 0 radical (unpaired) electrons. The molecule has 1 aliphatic heterocycles. The molecule has 1 fully saturated rings. The summed E-state index contributed by atoms with van der Waals surface area (Å²) in [7, 11) is 1.70. The van der Waals surface area contributed by atoms with Crippen molar-refractivity contribution in [3.05, 3.63) is 36.0 Å². The van der Waals surface area contributed by atoms with Crippen LogP contribution in [0.1, 0.15) is 25.5 Å². The number of hydrogen-bond acceptors (Lipinski definition) is 6. The monoisotopic (exact) mass is 355 g/mol. The second-order valence-corrected chi connectivity index (χ2v) is 6.65. The Morgan fingerprint density at radius 2 is 1.73 bits per heavy atom. The predicted octanol–water partition coefficient (Wildman–Crippen LogP) is 3.33. The summed E-state index contributed by atoms with van der Waals surface area (Å²) in [5.74, 6) is 2.65. The van der Waals surface area contributed by atoms with Crippen molar-refractivity contribution in [2.75, 3.05) is 55.0 Å². The van der Waals surface area contributed by atoms with Crippen LogP contribution in [0.3, 0.4) is 0 Å². The van der Waals surface area contributed by atoms with Gasteiger partial charge in [0.1, 0.15) is 11.6 Å². The average molecular weight is 355 g/mol. The minimum atomic E-state index is 0.832. The third kappa shape index (κ3) is 4.56. The highest BCUT2D eigenvalue weighted by Crippen LogP contribution is 2.22. The first kappa shape index (κ1) is 18.3. The average Bonchev–Trinajstić information content (AvgIpc) is 2.68. The Labute approximate surface area is 156 Å². The van der Waals surface area contributed by atoms with Gasteiger partial charge in [-0.15, -0.1) is 0 Å². The van der Waals surface area contributed by atoms with Crippen LogP contribution >= 0.6 is 0 Å². The number of methoxy groups -OCH3 is 1. The topological polar surface area (TPSA) is 53.5 Å². The van der Waals surface area contributed by atoms with Crippen molar-refractivity contribution < 1.29 is 4.74 Å². The number of ether oxygens (including phenoxy) is 1. The number of rotatable bonds is 7. The molecule has 2 heterocycles. The van der Waals surface area contributed by atoms with Crippen molar-refractivity contribution in [1.82, 2.24) is 9.97 Å². The number of hydrogen-bond donors (Lipinski definition) is 1. The van der Waals surface area contributed by atoms with Crippen LogP contribution in [-0.4, -0.2) is 49.8 Å². The zero-order chi connectivity index (χ0) is 18.4. The summed E-state index contributed by atoms with van der Waals surface area (Å²) < 4.78 is 5.24. The number of unbranched alkanes of at least 4 members (excludes halogenated alkanes) is 1. The summed E-state index contributed by atoms with van der Waals surface area (Å²) >= 11 is 0.